The van der Waals surface area contributed by atoms with Crippen LogP contribution in [0.1, 0.15) is 18.8 Å². The van der Waals surface area contributed by atoms with E-state index in [0.717, 1.165) is 11.3 Å². The summed E-state index contributed by atoms with van der Waals surface area (Å²) >= 11 is 0.910. The number of para-hydroxylation sites is 1. The minimum absolute atomic E-state index is 0.00194. The number of benzene rings is 2. The van der Waals surface area contributed by atoms with Crippen LogP contribution in [0, 0.1) is 0 Å². The number of hydrogen-bond acceptors (Lipinski definition) is 8. The summed E-state index contributed by atoms with van der Waals surface area (Å²) in [5, 5.41) is 1.93. The van der Waals surface area contributed by atoms with Crippen LogP contribution in [0.2, 0.25) is 0 Å². The van der Waals surface area contributed by atoms with Crippen LogP contribution in [0.15, 0.2) is 84.8 Å². The SMILES string of the molecule is CC(c1nc2ccccc2c(=O)n1C)N1CCN(S(=O)(=O)c2cc(S(=O)(=O)c3ccccc3)cs2)CC1. The number of rotatable bonds is 6. The summed E-state index contributed by atoms with van der Waals surface area (Å²) in [7, 11) is -5.95. The Labute approximate surface area is 219 Å². The lowest BCUT2D eigenvalue weighted by atomic mass is 10.2. The highest BCUT2D eigenvalue weighted by molar-refractivity contribution is 7.92. The van der Waals surface area contributed by atoms with Gasteiger partial charge in [0.25, 0.3) is 15.6 Å². The topological polar surface area (TPSA) is 110 Å². The Morgan fingerprint density at radius 1 is 0.892 bits per heavy atom. The molecule has 1 aliphatic heterocycles. The molecule has 3 heterocycles. The molecule has 0 bridgehead atoms. The van der Waals surface area contributed by atoms with Gasteiger partial charge in [0.05, 0.1) is 26.7 Å². The van der Waals surface area contributed by atoms with Crippen molar-refractivity contribution in [3.05, 3.63) is 82.2 Å². The van der Waals surface area contributed by atoms with E-state index in [1.807, 2.05) is 25.1 Å². The van der Waals surface area contributed by atoms with Gasteiger partial charge in [-0.05, 0) is 37.3 Å². The standard InChI is InChI=1S/C25H26N4O5S3/c1-18(24-26-22-11-7-6-10-21(22)25(30)27(24)2)28-12-14-29(15-13-28)37(33,34)23-16-20(17-35-23)36(31,32)19-8-4-3-5-9-19/h3-11,16-18H,12-15H2,1-2H3. The minimum atomic E-state index is -3.85. The third-order valence-corrected chi connectivity index (χ3v) is 11.9. The Morgan fingerprint density at radius 2 is 1.54 bits per heavy atom. The molecule has 0 amide bonds. The lowest BCUT2D eigenvalue weighted by molar-refractivity contribution is 0.139. The van der Waals surface area contributed by atoms with Crippen molar-refractivity contribution in [2.24, 2.45) is 7.05 Å². The van der Waals surface area contributed by atoms with Gasteiger partial charge >= 0.3 is 0 Å². The summed E-state index contributed by atoms with van der Waals surface area (Å²) in [5.41, 5.74) is 0.514. The van der Waals surface area contributed by atoms with Crippen LogP contribution in [0.25, 0.3) is 10.9 Å². The number of sulfone groups is 1. The maximum absolute atomic E-state index is 13.3. The van der Waals surface area contributed by atoms with Gasteiger partial charge in [-0.15, -0.1) is 11.3 Å². The zero-order valence-electron chi connectivity index (χ0n) is 20.3. The van der Waals surface area contributed by atoms with Crippen LogP contribution < -0.4 is 5.56 Å². The average Bonchev–Trinajstić information content (AvgIpc) is 3.43. The molecule has 194 valence electrons. The monoisotopic (exact) mass is 558 g/mol. The molecule has 0 aliphatic carbocycles. The molecule has 37 heavy (non-hydrogen) atoms. The molecule has 9 nitrogen and oxygen atoms in total. The quantitative estimate of drug-likeness (QED) is 0.358. The molecule has 0 N–H and O–H groups in total. The van der Waals surface area contributed by atoms with Crippen molar-refractivity contribution in [2.75, 3.05) is 26.2 Å². The number of sulfonamides is 1. The van der Waals surface area contributed by atoms with E-state index in [1.54, 1.807) is 35.9 Å². The fourth-order valence-electron chi connectivity index (χ4n) is 4.54. The largest absolute Gasteiger partial charge is 0.298 e. The predicted octanol–water partition coefficient (Wildman–Crippen LogP) is 2.90. The molecule has 12 heteroatoms. The van der Waals surface area contributed by atoms with Crippen molar-refractivity contribution < 1.29 is 16.8 Å². The molecule has 1 unspecified atom stereocenters. The van der Waals surface area contributed by atoms with Crippen LogP contribution in [0.5, 0.6) is 0 Å². The van der Waals surface area contributed by atoms with Gasteiger partial charge in [-0.25, -0.2) is 21.8 Å². The van der Waals surface area contributed by atoms with E-state index in [0.29, 0.717) is 29.8 Å². The molecule has 0 spiro atoms. The van der Waals surface area contributed by atoms with Gasteiger partial charge in [-0.1, -0.05) is 30.3 Å². The first kappa shape index (κ1) is 25.7. The van der Waals surface area contributed by atoms with Crippen LogP contribution in [-0.2, 0) is 26.9 Å². The van der Waals surface area contributed by atoms with Crippen LogP contribution in [0.3, 0.4) is 0 Å². The highest BCUT2D eigenvalue weighted by atomic mass is 32.2. The van der Waals surface area contributed by atoms with Gasteiger partial charge in [-0.3, -0.25) is 14.3 Å². The van der Waals surface area contributed by atoms with Crippen molar-refractivity contribution in [1.29, 1.82) is 0 Å². The van der Waals surface area contributed by atoms with Crippen LogP contribution in [0.4, 0.5) is 0 Å². The number of piperazine rings is 1. The number of thiophene rings is 1. The van der Waals surface area contributed by atoms with E-state index in [4.69, 9.17) is 4.98 Å². The van der Waals surface area contributed by atoms with E-state index >= 15 is 0 Å². The fraction of sp³-hybridized carbons (Fsp3) is 0.280. The third-order valence-electron chi connectivity index (χ3n) is 6.72. The minimum Gasteiger partial charge on any atom is -0.298 e. The molecular formula is C25H26N4O5S3. The van der Waals surface area contributed by atoms with E-state index in [1.165, 1.54) is 27.9 Å². The van der Waals surface area contributed by atoms with Crippen molar-refractivity contribution in [3.8, 4) is 0 Å². The molecule has 1 fully saturated rings. The number of nitrogens with zero attached hydrogens (tertiary/aromatic N) is 4. The van der Waals surface area contributed by atoms with Crippen molar-refractivity contribution in [3.63, 3.8) is 0 Å². The maximum Gasteiger partial charge on any atom is 0.261 e. The molecule has 0 saturated carbocycles. The second-order valence-electron chi connectivity index (χ2n) is 8.89. The smallest absolute Gasteiger partial charge is 0.261 e. The lowest BCUT2D eigenvalue weighted by Gasteiger charge is -2.37. The van der Waals surface area contributed by atoms with Crippen molar-refractivity contribution >= 4 is 42.1 Å². The molecule has 2 aromatic heterocycles. The van der Waals surface area contributed by atoms with E-state index in [2.05, 4.69) is 4.90 Å². The van der Waals surface area contributed by atoms with Gasteiger partial charge in [-0.2, -0.15) is 4.31 Å². The summed E-state index contributed by atoms with van der Waals surface area (Å²) in [6.07, 6.45) is 0. The first-order valence-electron chi connectivity index (χ1n) is 11.7. The molecule has 1 atom stereocenters. The Balaban J connectivity index is 1.32. The van der Waals surface area contributed by atoms with Gasteiger partial charge in [0.2, 0.25) is 9.84 Å². The molecule has 2 aromatic carbocycles. The maximum atomic E-state index is 13.3. The molecule has 0 radical (unpaired) electrons. The molecular weight excluding hydrogens is 532 g/mol. The summed E-state index contributed by atoms with van der Waals surface area (Å²) < 4.78 is 55.4. The van der Waals surface area contributed by atoms with Gasteiger partial charge in [0, 0.05) is 38.6 Å². The van der Waals surface area contributed by atoms with Crippen LogP contribution >= 0.6 is 11.3 Å². The second-order valence-corrected chi connectivity index (χ2v) is 13.9. The zero-order chi connectivity index (χ0) is 26.4. The predicted molar refractivity (Wildman–Crippen MR) is 142 cm³/mol. The second kappa shape index (κ2) is 9.76. The summed E-state index contributed by atoms with van der Waals surface area (Å²) in [5.74, 6) is 0.619. The Hall–Kier alpha value is -2.90. The highest BCUT2D eigenvalue weighted by Gasteiger charge is 2.33. The highest BCUT2D eigenvalue weighted by Crippen LogP contribution is 2.31. The van der Waals surface area contributed by atoms with Gasteiger partial charge in [0.1, 0.15) is 10.0 Å². The van der Waals surface area contributed by atoms with Crippen molar-refractivity contribution in [1.82, 2.24) is 18.8 Å². The Bertz CT molecular complexity index is 1720. The number of aromatic nitrogens is 2. The number of fused-ring (bicyclic) bond motifs is 1. The molecule has 4 aromatic rings. The van der Waals surface area contributed by atoms with Gasteiger partial charge in [0.15, 0.2) is 0 Å². The molecule has 5 rings (SSSR count). The van der Waals surface area contributed by atoms with E-state index in [-0.39, 0.29) is 38.7 Å². The summed E-state index contributed by atoms with van der Waals surface area (Å²) in [6, 6.07) is 16.2. The first-order chi connectivity index (χ1) is 17.6. The summed E-state index contributed by atoms with van der Waals surface area (Å²) in [4.78, 5) is 19.7. The third kappa shape index (κ3) is 4.64. The Morgan fingerprint density at radius 3 is 2.24 bits per heavy atom. The van der Waals surface area contributed by atoms with E-state index in [9.17, 15) is 21.6 Å². The van der Waals surface area contributed by atoms with Crippen molar-refractivity contribution in [2.45, 2.75) is 27.0 Å². The molecule has 1 aliphatic rings. The fourth-order valence-corrected chi connectivity index (χ4v) is 9.02. The van der Waals surface area contributed by atoms with Crippen LogP contribution in [-0.4, -0.2) is 61.8 Å². The number of hydrogen-bond donors (Lipinski definition) is 0. The lowest BCUT2D eigenvalue weighted by Crippen LogP contribution is -2.49. The first-order valence-corrected chi connectivity index (χ1v) is 15.5. The van der Waals surface area contributed by atoms with Gasteiger partial charge < -0.3 is 0 Å². The molecule has 1 saturated heterocycles. The Kier molecular flexibility index (Phi) is 6.79. The average molecular weight is 559 g/mol. The zero-order valence-corrected chi connectivity index (χ0v) is 22.8. The summed E-state index contributed by atoms with van der Waals surface area (Å²) in [6.45, 7) is 3.34. The normalized spacial score (nSPS) is 16.7. The van der Waals surface area contributed by atoms with E-state index < -0.39 is 19.9 Å².